The maximum atomic E-state index is 12.3. The third-order valence-electron chi connectivity index (χ3n) is 4.04. The van der Waals surface area contributed by atoms with Gasteiger partial charge in [-0.1, -0.05) is 42.5 Å². The fourth-order valence-corrected chi connectivity index (χ4v) is 3.22. The van der Waals surface area contributed by atoms with Crippen LogP contribution in [0.1, 0.15) is 12.0 Å². The Bertz CT molecular complexity index is 648. The smallest absolute Gasteiger partial charge is 0.225 e. The summed E-state index contributed by atoms with van der Waals surface area (Å²) in [5, 5.41) is 3.02. The van der Waals surface area contributed by atoms with E-state index in [2.05, 4.69) is 34.5 Å². The molecule has 0 atom stereocenters. The van der Waals surface area contributed by atoms with Crippen LogP contribution in [0.5, 0.6) is 0 Å². The van der Waals surface area contributed by atoms with Gasteiger partial charge in [0.1, 0.15) is 0 Å². The molecular formula is C20H27N3OS. The van der Waals surface area contributed by atoms with Crippen LogP contribution in [-0.2, 0) is 11.2 Å². The summed E-state index contributed by atoms with van der Waals surface area (Å²) in [7, 11) is 0. The van der Waals surface area contributed by atoms with E-state index in [9.17, 15) is 4.79 Å². The van der Waals surface area contributed by atoms with E-state index in [1.54, 1.807) is 11.8 Å². The molecule has 0 radical (unpaired) electrons. The highest BCUT2D eigenvalue weighted by atomic mass is 32.2. The molecule has 0 saturated carbocycles. The minimum atomic E-state index is 0.0447. The molecule has 0 spiro atoms. The Morgan fingerprint density at radius 2 is 1.76 bits per heavy atom. The summed E-state index contributed by atoms with van der Waals surface area (Å²) in [5.41, 5.74) is 7.91. The average Bonchev–Trinajstić information content (AvgIpc) is 2.65. The van der Waals surface area contributed by atoms with Crippen LogP contribution in [0.15, 0.2) is 59.5 Å². The molecule has 0 saturated heterocycles. The molecule has 2 aromatic carbocycles. The van der Waals surface area contributed by atoms with Crippen molar-refractivity contribution < 1.29 is 4.79 Å². The minimum absolute atomic E-state index is 0.0447. The lowest BCUT2D eigenvalue weighted by Gasteiger charge is -2.21. The zero-order chi connectivity index (χ0) is 17.9. The van der Waals surface area contributed by atoms with Gasteiger partial charge in [-0.25, -0.2) is 0 Å². The lowest BCUT2D eigenvalue weighted by Crippen LogP contribution is -2.34. The van der Waals surface area contributed by atoms with Crippen LogP contribution >= 0.6 is 11.8 Å². The molecule has 0 bridgehead atoms. The van der Waals surface area contributed by atoms with Gasteiger partial charge in [-0.05, 0) is 30.4 Å². The molecular weight excluding hydrogens is 330 g/mol. The van der Waals surface area contributed by atoms with Crippen LogP contribution in [0.3, 0.4) is 0 Å². The Hall–Kier alpha value is -1.82. The van der Waals surface area contributed by atoms with E-state index in [-0.39, 0.29) is 5.91 Å². The molecule has 0 aliphatic heterocycles. The van der Waals surface area contributed by atoms with Crippen molar-refractivity contribution in [3.8, 4) is 0 Å². The number of hydrogen-bond acceptors (Lipinski definition) is 4. The van der Waals surface area contributed by atoms with Gasteiger partial charge in [-0.3, -0.25) is 4.79 Å². The van der Waals surface area contributed by atoms with E-state index in [0.717, 1.165) is 36.6 Å². The standard InChI is InChI=1S/C20H27N3OS/c1-25-19-10-6-5-9-18(19)22-20(24)12-15-23(16-13-21)14-11-17-7-3-2-4-8-17/h2-10H,11-16,21H2,1H3,(H,22,24). The molecule has 0 unspecified atom stereocenters. The first-order valence-corrected chi connectivity index (χ1v) is 9.84. The molecule has 4 nitrogen and oxygen atoms in total. The van der Waals surface area contributed by atoms with Crippen molar-refractivity contribution in [3.63, 3.8) is 0 Å². The lowest BCUT2D eigenvalue weighted by molar-refractivity contribution is -0.116. The van der Waals surface area contributed by atoms with Crippen LogP contribution < -0.4 is 11.1 Å². The predicted molar refractivity (Wildman–Crippen MR) is 107 cm³/mol. The Morgan fingerprint density at radius 3 is 2.48 bits per heavy atom. The minimum Gasteiger partial charge on any atom is -0.329 e. The van der Waals surface area contributed by atoms with Crippen LogP contribution in [0.4, 0.5) is 5.69 Å². The number of para-hydroxylation sites is 1. The van der Waals surface area contributed by atoms with Gasteiger partial charge in [-0.15, -0.1) is 11.8 Å². The first-order chi connectivity index (χ1) is 12.2. The molecule has 1 amide bonds. The summed E-state index contributed by atoms with van der Waals surface area (Å²) in [4.78, 5) is 15.6. The van der Waals surface area contributed by atoms with E-state index in [1.807, 2.05) is 36.6 Å². The number of benzene rings is 2. The summed E-state index contributed by atoms with van der Waals surface area (Å²) < 4.78 is 0. The van der Waals surface area contributed by atoms with Crippen molar-refractivity contribution in [2.75, 3.05) is 37.8 Å². The summed E-state index contributed by atoms with van der Waals surface area (Å²) in [5.74, 6) is 0.0447. The van der Waals surface area contributed by atoms with E-state index in [1.165, 1.54) is 5.56 Å². The van der Waals surface area contributed by atoms with Crippen molar-refractivity contribution in [1.82, 2.24) is 4.90 Å². The molecule has 2 rings (SSSR count). The summed E-state index contributed by atoms with van der Waals surface area (Å²) in [6, 6.07) is 18.3. The van der Waals surface area contributed by atoms with E-state index in [0.29, 0.717) is 13.0 Å². The van der Waals surface area contributed by atoms with Crippen molar-refractivity contribution in [1.29, 1.82) is 0 Å². The molecule has 0 aliphatic rings. The second kappa shape index (κ2) is 10.9. The van der Waals surface area contributed by atoms with Crippen molar-refractivity contribution in [2.45, 2.75) is 17.7 Å². The Morgan fingerprint density at radius 1 is 1.04 bits per heavy atom. The summed E-state index contributed by atoms with van der Waals surface area (Å²) >= 11 is 1.63. The fraction of sp³-hybridized carbons (Fsp3) is 0.350. The number of nitrogens with zero attached hydrogens (tertiary/aromatic N) is 1. The Kier molecular flexibility index (Phi) is 8.52. The predicted octanol–water partition coefficient (Wildman–Crippen LogP) is 3.24. The normalized spacial score (nSPS) is 10.8. The molecule has 2 aromatic rings. The first kappa shape index (κ1) is 19.5. The quantitative estimate of drug-likeness (QED) is 0.641. The number of anilines is 1. The van der Waals surface area contributed by atoms with Gasteiger partial charge in [0.05, 0.1) is 5.69 Å². The second-order valence-corrected chi connectivity index (χ2v) is 6.71. The summed E-state index contributed by atoms with van der Waals surface area (Å²) in [6.45, 7) is 3.04. The van der Waals surface area contributed by atoms with Gasteiger partial charge in [0, 0.05) is 37.5 Å². The number of carbonyl (C=O) groups is 1. The molecule has 0 aromatic heterocycles. The van der Waals surface area contributed by atoms with Gasteiger partial charge >= 0.3 is 0 Å². The van der Waals surface area contributed by atoms with Crippen LogP contribution in [-0.4, -0.2) is 43.2 Å². The molecule has 0 heterocycles. The Balaban J connectivity index is 1.82. The first-order valence-electron chi connectivity index (χ1n) is 8.62. The highest BCUT2D eigenvalue weighted by Crippen LogP contribution is 2.24. The van der Waals surface area contributed by atoms with E-state index in [4.69, 9.17) is 5.73 Å². The SMILES string of the molecule is CSc1ccccc1NC(=O)CCN(CCN)CCc1ccccc1. The maximum Gasteiger partial charge on any atom is 0.225 e. The van der Waals surface area contributed by atoms with E-state index >= 15 is 0 Å². The van der Waals surface area contributed by atoms with Gasteiger partial charge in [0.25, 0.3) is 0 Å². The van der Waals surface area contributed by atoms with Crippen molar-refractivity contribution in [2.24, 2.45) is 5.73 Å². The van der Waals surface area contributed by atoms with Gasteiger partial charge in [0.2, 0.25) is 5.91 Å². The van der Waals surface area contributed by atoms with Gasteiger partial charge in [-0.2, -0.15) is 0 Å². The number of rotatable bonds is 10. The zero-order valence-electron chi connectivity index (χ0n) is 14.8. The lowest BCUT2D eigenvalue weighted by atomic mass is 10.1. The molecule has 134 valence electrons. The van der Waals surface area contributed by atoms with Crippen LogP contribution in [0.25, 0.3) is 0 Å². The third-order valence-corrected chi connectivity index (χ3v) is 4.84. The van der Waals surface area contributed by atoms with Crippen LogP contribution in [0, 0.1) is 0 Å². The van der Waals surface area contributed by atoms with Crippen molar-refractivity contribution in [3.05, 3.63) is 60.2 Å². The largest absolute Gasteiger partial charge is 0.329 e. The topological polar surface area (TPSA) is 58.4 Å². The molecule has 5 heteroatoms. The number of carbonyl (C=O) groups excluding carboxylic acids is 1. The zero-order valence-corrected chi connectivity index (χ0v) is 15.6. The highest BCUT2D eigenvalue weighted by Gasteiger charge is 2.10. The van der Waals surface area contributed by atoms with Gasteiger partial charge in [0.15, 0.2) is 0 Å². The number of amides is 1. The maximum absolute atomic E-state index is 12.3. The van der Waals surface area contributed by atoms with E-state index < -0.39 is 0 Å². The number of nitrogens with one attached hydrogen (secondary N) is 1. The molecule has 25 heavy (non-hydrogen) atoms. The number of hydrogen-bond donors (Lipinski definition) is 2. The van der Waals surface area contributed by atoms with Crippen LogP contribution in [0.2, 0.25) is 0 Å². The Labute approximate surface area is 154 Å². The summed E-state index contributed by atoms with van der Waals surface area (Å²) in [6.07, 6.45) is 3.45. The molecule has 0 aliphatic carbocycles. The monoisotopic (exact) mass is 357 g/mol. The fourth-order valence-electron chi connectivity index (χ4n) is 2.67. The third kappa shape index (κ3) is 6.90. The van der Waals surface area contributed by atoms with Gasteiger partial charge < -0.3 is 16.0 Å². The molecule has 3 N–H and O–H groups in total. The average molecular weight is 358 g/mol. The molecule has 0 fully saturated rings. The number of nitrogens with two attached hydrogens (primary N) is 1. The second-order valence-electron chi connectivity index (χ2n) is 5.86. The van der Waals surface area contributed by atoms with Crippen molar-refractivity contribution >= 4 is 23.4 Å². The highest BCUT2D eigenvalue weighted by molar-refractivity contribution is 7.98. The number of thioether (sulfide) groups is 1.